The summed E-state index contributed by atoms with van der Waals surface area (Å²) in [6.45, 7) is 9.47. The van der Waals surface area contributed by atoms with Crippen molar-refractivity contribution in [1.82, 2.24) is 20.3 Å². The maximum Gasteiger partial charge on any atom is 0.324 e. The summed E-state index contributed by atoms with van der Waals surface area (Å²) < 4.78 is 42.6. The van der Waals surface area contributed by atoms with Gasteiger partial charge in [-0.05, 0) is 38.0 Å². The molecule has 1 aliphatic heterocycles. The minimum absolute atomic E-state index is 0.0212. The van der Waals surface area contributed by atoms with Crippen LogP contribution in [0.3, 0.4) is 0 Å². The quantitative estimate of drug-likeness (QED) is 0.520. The fourth-order valence-electron chi connectivity index (χ4n) is 3.57. The fraction of sp³-hybridized carbons (Fsp3) is 0.545. The van der Waals surface area contributed by atoms with E-state index in [1.54, 1.807) is 6.07 Å². The number of benzene rings is 1. The average molecular weight is 478 g/mol. The van der Waals surface area contributed by atoms with Gasteiger partial charge in [0.2, 0.25) is 5.82 Å². The topological polar surface area (TPSA) is 107 Å². The summed E-state index contributed by atoms with van der Waals surface area (Å²) in [6, 6.07) is 4.89. The van der Waals surface area contributed by atoms with Gasteiger partial charge < -0.3 is 18.7 Å². The normalized spacial score (nSPS) is 17.3. The van der Waals surface area contributed by atoms with E-state index in [1.165, 1.54) is 18.4 Å². The molecule has 1 fully saturated rings. The molecule has 9 nitrogen and oxygen atoms in total. The van der Waals surface area contributed by atoms with Gasteiger partial charge in [0, 0.05) is 30.3 Å². The summed E-state index contributed by atoms with van der Waals surface area (Å²) in [5.41, 5.74) is 0.288. The van der Waals surface area contributed by atoms with Gasteiger partial charge in [0.15, 0.2) is 5.82 Å². The molecule has 1 saturated heterocycles. The van der Waals surface area contributed by atoms with Gasteiger partial charge in [0.05, 0.1) is 21.8 Å². The number of rotatable bonds is 6. The molecule has 1 aromatic carbocycles. The van der Waals surface area contributed by atoms with Crippen LogP contribution in [0.2, 0.25) is 0 Å². The van der Waals surface area contributed by atoms with Crippen LogP contribution in [0.5, 0.6) is 0 Å². The standard InChI is InChI=1S/C22H28FN5O4S/c1-13(19-24-18(26-31-19)14-6-7-17(33(5)29)16(23)12-14)30-15-8-10-28(11-9-15)21-25-20(27-32-21)22(2,3)4/h6-7,12-13,15H,8-11H2,1-5H3. The van der Waals surface area contributed by atoms with Crippen molar-refractivity contribution in [3.63, 3.8) is 0 Å². The first-order valence-corrected chi connectivity index (χ1v) is 12.4. The summed E-state index contributed by atoms with van der Waals surface area (Å²) in [4.78, 5) is 11.1. The van der Waals surface area contributed by atoms with Crippen molar-refractivity contribution in [3.05, 3.63) is 35.7 Å². The number of hydrogen-bond acceptors (Lipinski definition) is 9. The van der Waals surface area contributed by atoms with E-state index in [4.69, 9.17) is 13.8 Å². The molecule has 3 aromatic rings. The van der Waals surface area contributed by atoms with Gasteiger partial charge in [-0.25, -0.2) is 4.39 Å². The van der Waals surface area contributed by atoms with E-state index in [-0.39, 0.29) is 22.2 Å². The summed E-state index contributed by atoms with van der Waals surface area (Å²) >= 11 is 0. The molecule has 2 unspecified atom stereocenters. The first-order chi connectivity index (χ1) is 15.6. The third-order valence-corrected chi connectivity index (χ3v) is 6.43. The summed E-state index contributed by atoms with van der Waals surface area (Å²) in [7, 11) is -1.41. The molecule has 0 aliphatic carbocycles. The molecule has 33 heavy (non-hydrogen) atoms. The first kappa shape index (κ1) is 23.5. The minimum atomic E-state index is -1.41. The van der Waals surface area contributed by atoms with Crippen molar-refractivity contribution in [3.8, 4) is 11.4 Å². The maximum absolute atomic E-state index is 14.2. The largest absolute Gasteiger partial charge is 0.365 e. The molecule has 3 heterocycles. The molecule has 0 bridgehead atoms. The van der Waals surface area contributed by atoms with Crippen LogP contribution in [-0.2, 0) is 21.0 Å². The number of aromatic nitrogens is 4. The predicted molar refractivity (Wildman–Crippen MR) is 120 cm³/mol. The van der Waals surface area contributed by atoms with Gasteiger partial charge in [-0.1, -0.05) is 31.1 Å². The van der Waals surface area contributed by atoms with Crippen molar-refractivity contribution < 1.29 is 22.4 Å². The Bertz CT molecular complexity index is 1130. The molecule has 0 N–H and O–H groups in total. The lowest BCUT2D eigenvalue weighted by molar-refractivity contribution is -0.0303. The zero-order valence-corrected chi connectivity index (χ0v) is 20.2. The van der Waals surface area contributed by atoms with Gasteiger partial charge in [0.25, 0.3) is 5.89 Å². The number of nitrogens with zero attached hydrogens (tertiary/aromatic N) is 5. The third kappa shape index (κ3) is 5.30. The molecule has 0 saturated carbocycles. The van der Waals surface area contributed by atoms with Gasteiger partial charge in [0.1, 0.15) is 11.9 Å². The fourth-order valence-corrected chi connectivity index (χ4v) is 4.16. The highest BCUT2D eigenvalue weighted by atomic mass is 32.2. The Morgan fingerprint density at radius 3 is 2.52 bits per heavy atom. The van der Waals surface area contributed by atoms with Crippen LogP contribution in [0.4, 0.5) is 10.4 Å². The summed E-state index contributed by atoms with van der Waals surface area (Å²) in [5, 5.41) is 8.04. The van der Waals surface area contributed by atoms with Crippen molar-refractivity contribution >= 4 is 16.8 Å². The number of hydrogen-bond donors (Lipinski definition) is 0. The van der Waals surface area contributed by atoms with Crippen LogP contribution in [0, 0.1) is 5.82 Å². The second kappa shape index (κ2) is 9.30. The molecule has 0 amide bonds. The second-order valence-corrected chi connectivity index (χ2v) is 10.5. The summed E-state index contributed by atoms with van der Waals surface area (Å²) in [6.07, 6.45) is 2.62. The molecule has 0 spiro atoms. The highest BCUT2D eigenvalue weighted by Crippen LogP contribution is 2.28. The Morgan fingerprint density at radius 1 is 1.18 bits per heavy atom. The van der Waals surface area contributed by atoms with Crippen LogP contribution in [-0.4, -0.2) is 49.9 Å². The van der Waals surface area contributed by atoms with Crippen LogP contribution in [0.15, 0.2) is 32.1 Å². The van der Waals surface area contributed by atoms with Gasteiger partial charge in [-0.15, -0.1) is 0 Å². The lowest BCUT2D eigenvalue weighted by Gasteiger charge is -2.31. The summed E-state index contributed by atoms with van der Waals surface area (Å²) in [5.74, 6) is 0.706. The number of ether oxygens (including phenoxy) is 1. The van der Waals surface area contributed by atoms with Crippen molar-refractivity contribution in [1.29, 1.82) is 0 Å². The lowest BCUT2D eigenvalue weighted by Crippen LogP contribution is -2.37. The van der Waals surface area contributed by atoms with Crippen molar-refractivity contribution in [2.24, 2.45) is 0 Å². The van der Waals surface area contributed by atoms with Crippen molar-refractivity contribution in [2.75, 3.05) is 24.2 Å². The van der Waals surface area contributed by atoms with Gasteiger partial charge >= 0.3 is 6.01 Å². The molecule has 11 heteroatoms. The Morgan fingerprint density at radius 2 is 1.91 bits per heavy atom. The van der Waals surface area contributed by atoms with Gasteiger partial charge in [-0.2, -0.15) is 9.97 Å². The van der Waals surface area contributed by atoms with Crippen molar-refractivity contribution in [2.45, 2.75) is 63.1 Å². The highest BCUT2D eigenvalue weighted by Gasteiger charge is 2.28. The molecule has 1 aliphatic rings. The van der Waals surface area contributed by atoms with E-state index in [0.717, 1.165) is 25.9 Å². The van der Waals surface area contributed by atoms with E-state index in [1.807, 2.05) is 27.7 Å². The molecular weight excluding hydrogens is 449 g/mol. The molecule has 2 aromatic heterocycles. The van der Waals surface area contributed by atoms with Crippen LogP contribution in [0.1, 0.15) is 58.4 Å². The smallest absolute Gasteiger partial charge is 0.324 e. The Balaban J connectivity index is 1.34. The number of halogens is 1. The zero-order chi connectivity index (χ0) is 23.8. The minimum Gasteiger partial charge on any atom is -0.365 e. The average Bonchev–Trinajstić information content (AvgIpc) is 3.44. The van der Waals surface area contributed by atoms with Crippen LogP contribution in [0.25, 0.3) is 11.4 Å². The van der Waals surface area contributed by atoms with E-state index in [2.05, 4.69) is 25.2 Å². The second-order valence-electron chi connectivity index (χ2n) is 9.17. The molecular formula is C22H28FN5O4S. The lowest BCUT2D eigenvalue weighted by atomic mass is 9.96. The SMILES string of the molecule is CC(OC1CCN(c2nc(C(C)(C)C)no2)CC1)c1nc(-c2ccc(S(C)=O)c(F)c2)no1. The molecule has 2 atom stereocenters. The zero-order valence-electron chi connectivity index (χ0n) is 19.4. The predicted octanol–water partition coefficient (Wildman–Crippen LogP) is 4.04. The van der Waals surface area contributed by atoms with Gasteiger partial charge in [-0.3, -0.25) is 4.21 Å². The molecule has 0 radical (unpaired) electrons. The van der Waals surface area contributed by atoms with E-state index >= 15 is 0 Å². The number of piperidine rings is 1. The Kier molecular flexibility index (Phi) is 6.62. The number of anilines is 1. The Labute approximate surface area is 194 Å². The van der Waals surface area contributed by atoms with Crippen LogP contribution >= 0.6 is 0 Å². The highest BCUT2D eigenvalue weighted by molar-refractivity contribution is 7.84. The first-order valence-electron chi connectivity index (χ1n) is 10.8. The Hall–Kier alpha value is -2.66. The van der Waals surface area contributed by atoms with E-state index in [9.17, 15) is 8.60 Å². The van der Waals surface area contributed by atoms with E-state index < -0.39 is 22.7 Å². The molecule has 178 valence electrons. The van der Waals surface area contributed by atoms with Crippen LogP contribution < -0.4 is 4.90 Å². The molecule has 4 rings (SSSR count). The third-order valence-electron chi connectivity index (χ3n) is 5.48. The van der Waals surface area contributed by atoms with E-state index in [0.29, 0.717) is 23.3 Å². The maximum atomic E-state index is 14.2. The monoisotopic (exact) mass is 477 g/mol.